The van der Waals surface area contributed by atoms with Gasteiger partial charge in [0.05, 0.1) is 4.90 Å². The molecule has 0 radical (unpaired) electrons. The standard InChI is InChI=1S/C13H22N2O3S/c1-11-6-8-12(9-7-11)19(16,17)18-13(15)5-3-2-4-10-14/h6-9,13H,2-5,10,14-15H2,1H3. The summed E-state index contributed by atoms with van der Waals surface area (Å²) < 4.78 is 28.8. The lowest BCUT2D eigenvalue weighted by molar-refractivity contribution is 0.202. The first kappa shape index (κ1) is 16.1. The topological polar surface area (TPSA) is 95.4 Å². The van der Waals surface area contributed by atoms with Crippen molar-refractivity contribution in [2.24, 2.45) is 11.5 Å². The Morgan fingerprint density at radius 1 is 1.16 bits per heavy atom. The molecule has 0 aliphatic rings. The monoisotopic (exact) mass is 286 g/mol. The zero-order valence-corrected chi connectivity index (χ0v) is 12.0. The zero-order chi connectivity index (χ0) is 14.3. The minimum absolute atomic E-state index is 0.135. The van der Waals surface area contributed by atoms with Gasteiger partial charge in [-0.05, 0) is 44.9 Å². The number of rotatable bonds is 8. The highest BCUT2D eigenvalue weighted by molar-refractivity contribution is 7.86. The summed E-state index contributed by atoms with van der Waals surface area (Å²) in [5.41, 5.74) is 12.0. The SMILES string of the molecule is Cc1ccc(S(=O)(=O)OC(N)CCCCCN)cc1. The van der Waals surface area contributed by atoms with E-state index >= 15 is 0 Å². The molecule has 0 fully saturated rings. The Hall–Kier alpha value is -0.950. The lowest BCUT2D eigenvalue weighted by Gasteiger charge is -2.13. The Kier molecular flexibility index (Phi) is 6.44. The molecule has 1 atom stereocenters. The fraction of sp³-hybridized carbons (Fsp3) is 0.538. The Bertz CT molecular complexity index is 471. The van der Waals surface area contributed by atoms with E-state index < -0.39 is 16.3 Å². The number of aryl methyl sites for hydroxylation is 1. The molecule has 5 nitrogen and oxygen atoms in total. The molecule has 0 spiro atoms. The molecule has 1 rings (SSSR count). The normalized spacial score (nSPS) is 13.4. The minimum Gasteiger partial charge on any atom is -0.330 e. The molecule has 19 heavy (non-hydrogen) atoms. The van der Waals surface area contributed by atoms with E-state index in [4.69, 9.17) is 15.7 Å². The first-order valence-corrected chi connectivity index (χ1v) is 7.82. The average Bonchev–Trinajstić information content (AvgIpc) is 2.34. The molecule has 0 aromatic heterocycles. The molecular formula is C13H22N2O3S. The highest BCUT2D eigenvalue weighted by Gasteiger charge is 2.18. The number of nitrogens with two attached hydrogens (primary N) is 2. The summed E-state index contributed by atoms with van der Waals surface area (Å²) in [7, 11) is -3.77. The van der Waals surface area contributed by atoms with Crippen LogP contribution in [0.4, 0.5) is 0 Å². The largest absolute Gasteiger partial charge is 0.330 e. The van der Waals surface area contributed by atoms with Crippen LogP contribution in [0, 0.1) is 6.92 Å². The van der Waals surface area contributed by atoms with E-state index in [1.54, 1.807) is 12.1 Å². The van der Waals surface area contributed by atoms with Gasteiger partial charge in [-0.2, -0.15) is 8.42 Å². The van der Waals surface area contributed by atoms with Crippen LogP contribution in [0.25, 0.3) is 0 Å². The van der Waals surface area contributed by atoms with Gasteiger partial charge >= 0.3 is 0 Å². The zero-order valence-electron chi connectivity index (χ0n) is 11.2. The molecule has 108 valence electrons. The lowest BCUT2D eigenvalue weighted by atomic mass is 10.2. The van der Waals surface area contributed by atoms with E-state index in [1.165, 1.54) is 12.1 Å². The predicted octanol–water partition coefficient (Wildman–Crippen LogP) is 1.50. The van der Waals surface area contributed by atoms with Crippen LogP contribution in [0.2, 0.25) is 0 Å². The lowest BCUT2D eigenvalue weighted by Crippen LogP contribution is -2.27. The van der Waals surface area contributed by atoms with Crippen LogP contribution in [0.15, 0.2) is 29.2 Å². The van der Waals surface area contributed by atoms with Crippen molar-refractivity contribution in [3.8, 4) is 0 Å². The summed E-state index contributed by atoms with van der Waals surface area (Å²) in [6, 6.07) is 6.49. The van der Waals surface area contributed by atoms with Crippen molar-refractivity contribution < 1.29 is 12.6 Å². The van der Waals surface area contributed by atoms with Gasteiger partial charge in [0, 0.05) is 0 Å². The fourth-order valence-corrected chi connectivity index (χ4v) is 2.64. The van der Waals surface area contributed by atoms with Crippen molar-refractivity contribution in [2.75, 3.05) is 6.54 Å². The van der Waals surface area contributed by atoms with Crippen LogP contribution in [0.5, 0.6) is 0 Å². The van der Waals surface area contributed by atoms with E-state index in [0.717, 1.165) is 24.8 Å². The second kappa shape index (κ2) is 7.59. The molecule has 0 saturated carbocycles. The molecule has 1 unspecified atom stereocenters. The summed E-state index contributed by atoms with van der Waals surface area (Å²) in [5.74, 6) is 0. The van der Waals surface area contributed by atoms with Crippen molar-refractivity contribution >= 4 is 10.1 Å². The van der Waals surface area contributed by atoms with Crippen LogP contribution in [-0.2, 0) is 14.3 Å². The number of hydrogen-bond donors (Lipinski definition) is 2. The highest BCUT2D eigenvalue weighted by atomic mass is 32.2. The van der Waals surface area contributed by atoms with Crippen LogP contribution >= 0.6 is 0 Å². The maximum atomic E-state index is 11.9. The molecule has 0 aliphatic heterocycles. The summed E-state index contributed by atoms with van der Waals surface area (Å²) in [6.07, 6.45) is 2.35. The summed E-state index contributed by atoms with van der Waals surface area (Å²) in [4.78, 5) is 0.135. The van der Waals surface area contributed by atoms with Crippen molar-refractivity contribution in [3.63, 3.8) is 0 Å². The molecule has 6 heteroatoms. The maximum Gasteiger partial charge on any atom is 0.298 e. The summed E-state index contributed by atoms with van der Waals surface area (Å²) >= 11 is 0. The molecule has 0 heterocycles. The smallest absolute Gasteiger partial charge is 0.298 e. The van der Waals surface area contributed by atoms with Gasteiger partial charge < -0.3 is 11.5 Å². The third-order valence-electron chi connectivity index (χ3n) is 2.75. The molecule has 1 aromatic rings. The van der Waals surface area contributed by atoms with E-state index in [1.807, 2.05) is 6.92 Å². The van der Waals surface area contributed by atoms with Gasteiger partial charge in [0.2, 0.25) is 0 Å². The number of hydrogen-bond acceptors (Lipinski definition) is 5. The number of benzene rings is 1. The van der Waals surface area contributed by atoms with Crippen LogP contribution in [0.3, 0.4) is 0 Å². The molecular weight excluding hydrogens is 264 g/mol. The molecule has 0 bridgehead atoms. The molecule has 4 N–H and O–H groups in total. The van der Waals surface area contributed by atoms with E-state index in [9.17, 15) is 8.42 Å². The van der Waals surface area contributed by atoms with E-state index in [0.29, 0.717) is 13.0 Å². The summed E-state index contributed by atoms with van der Waals surface area (Å²) in [5, 5.41) is 0. The average molecular weight is 286 g/mol. The Morgan fingerprint density at radius 3 is 2.37 bits per heavy atom. The van der Waals surface area contributed by atoms with Crippen molar-refractivity contribution in [2.45, 2.75) is 43.7 Å². The van der Waals surface area contributed by atoms with Gasteiger partial charge in [0.1, 0.15) is 6.23 Å². The second-order valence-electron chi connectivity index (χ2n) is 4.54. The second-order valence-corrected chi connectivity index (χ2v) is 6.11. The minimum atomic E-state index is -3.77. The van der Waals surface area contributed by atoms with Gasteiger partial charge in [0.25, 0.3) is 10.1 Å². The van der Waals surface area contributed by atoms with Gasteiger partial charge in [-0.15, -0.1) is 0 Å². The van der Waals surface area contributed by atoms with Gasteiger partial charge in [0.15, 0.2) is 0 Å². The first-order chi connectivity index (χ1) is 8.95. The van der Waals surface area contributed by atoms with Gasteiger partial charge in [-0.25, -0.2) is 4.18 Å². The van der Waals surface area contributed by atoms with Crippen molar-refractivity contribution in [1.29, 1.82) is 0 Å². The third kappa shape index (κ3) is 5.69. The maximum absolute atomic E-state index is 11.9. The molecule has 0 amide bonds. The quantitative estimate of drug-likeness (QED) is 0.429. The van der Waals surface area contributed by atoms with E-state index in [2.05, 4.69) is 0 Å². The summed E-state index contributed by atoms with van der Waals surface area (Å²) in [6.45, 7) is 2.53. The van der Waals surface area contributed by atoms with Crippen molar-refractivity contribution in [3.05, 3.63) is 29.8 Å². The van der Waals surface area contributed by atoms with Crippen LogP contribution in [0.1, 0.15) is 31.2 Å². The van der Waals surface area contributed by atoms with Crippen molar-refractivity contribution in [1.82, 2.24) is 0 Å². The third-order valence-corrected chi connectivity index (χ3v) is 4.10. The Morgan fingerprint density at radius 2 is 1.79 bits per heavy atom. The van der Waals surface area contributed by atoms with Gasteiger partial charge in [-0.3, -0.25) is 0 Å². The highest BCUT2D eigenvalue weighted by Crippen LogP contribution is 2.15. The van der Waals surface area contributed by atoms with Gasteiger partial charge in [-0.1, -0.05) is 24.1 Å². The molecule has 0 aliphatic carbocycles. The molecule has 1 aromatic carbocycles. The fourth-order valence-electron chi connectivity index (χ4n) is 1.64. The predicted molar refractivity (Wildman–Crippen MR) is 74.9 cm³/mol. The Labute approximate surface area is 115 Å². The first-order valence-electron chi connectivity index (χ1n) is 6.41. The number of unbranched alkanes of at least 4 members (excludes halogenated alkanes) is 2. The Balaban J connectivity index is 2.52. The van der Waals surface area contributed by atoms with Crippen LogP contribution < -0.4 is 11.5 Å². The van der Waals surface area contributed by atoms with Crippen LogP contribution in [-0.4, -0.2) is 21.2 Å². The van der Waals surface area contributed by atoms with E-state index in [-0.39, 0.29) is 4.90 Å². The molecule has 0 saturated heterocycles.